The van der Waals surface area contributed by atoms with Gasteiger partial charge in [0.25, 0.3) is 0 Å². The number of rotatable bonds is 2. The molecule has 0 radical (unpaired) electrons. The van der Waals surface area contributed by atoms with Gasteiger partial charge in [0.1, 0.15) is 0 Å². The summed E-state index contributed by atoms with van der Waals surface area (Å²) < 4.78 is 31.1. The van der Waals surface area contributed by atoms with E-state index in [4.69, 9.17) is 7.94 Å². The first-order valence-corrected chi connectivity index (χ1v) is 11.1. The second-order valence-electron chi connectivity index (χ2n) is 8.27. The number of nitrogens with zero attached hydrogens (tertiary/aromatic N) is 3. The summed E-state index contributed by atoms with van der Waals surface area (Å²) in [7, 11) is 0. The molecule has 7 rings (SSSR count). The molecule has 34 heavy (non-hydrogen) atoms. The van der Waals surface area contributed by atoms with Gasteiger partial charge < -0.3 is 9.13 Å². The maximum atomic E-state index is 9.22. The lowest BCUT2D eigenvalue weighted by molar-refractivity contribution is 1.10. The number of fused-ring (bicyclic) bond motifs is 6. The summed E-state index contributed by atoms with van der Waals surface area (Å²) in [4.78, 5) is 3.54. The highest BCUT2D eigenvalue weighted by Crippen LogP contribution is 2.39. The van der Waals surface area contributed by atoms with Gasteiger partial charge >= 0.3 is 0 Å². The Labute approximate surface area is 200 Å². The summed E-state index contributed by atoms with van der Waals surface area (Å²) >= 11 is 0. The molecule has 0 spiro atoms. The third-order valence-electron chi connectivity index (χ3n) is 6.48. The Hall–Kier alpha value is -4.81. The van der Waals surface area contributed by atoms with Gasteiger partial charge in [0.15, 0.2) is 5.69 Å². The highest BCUT2D eigenvalue weighted by Gasteiger charge is 2.19. The molecule has 0 atom stereocenters. The van der Waals surface area contributed by atoms with Gasteiger partial charge in [0, 0.05) is 22.9 Å². The Bertz CT molecular complexity index is 1990. The third kappa shape index (κ3) is 2.51. The molecular weight excluding hydrogens is 414 g/mol. The zero-order valence-electron chi connectivity index (χ0n) is 21.1. The van der Waals surface area contributed by atoms with Crippen LogP contribution in [0.2, 0.25) is 0 Å². The Morgan fingerprint density at radius 1 is 0.529 bits per heavy atom. The fourth-order valence-corrected chi connectivity index (χ4v) is 5.09. The molecule has 2 heterocycles. The largest absolute Gasteiger partial charge is 0.308 e. The van der Waals surface area contributed by atoms with E-state index in [-0.39, 0.29) is 23.8 Å². The van der Waals surface area contributed by atoms with Crippen molar-refractivity contribution < 1.29 is 4.11 Å². The van der Waals surface area contributed by atoms with E-state index in [9.17, 15) is 2.74 Å². The number of aromatic nitrogens is 2. The van der Waals surface area contributed by atoms with Gasteiger partial charge in [0.05, 0.1) is 42.8 Å². The van der Waals surface area contributed by atoms with E-state index >= 15 is 0 Å². The minimum Gasteiger partial charge on any atom is -0.308 e. The van der Waals surface area contributed by atoms with Crippen molar-refractivity contribution in [2.24, 2.45) is 0 Å². The first-order chi connectivity index (χ1) is 18.1. The molecule has 158 valence electrons. The van der Waals surface area contributed by atoms with Crippen LogP contribution in [-0.4, -0.2) is 9.13 Å². The molecular formula is C31H19N3. The number of benzene rings is 5. The van der Waals surface area contributed by atoms with Crippen LogP contribution in [0.4, 0.5) is 5.69 Å². The van der Waals surface area contributed by atoms with E-state index < -0.39 is 0 Å². The first-order valence-electron chi connectivity index (χ1n) is 12.6. The van der Waals surface area contributed by atoms with Crippen molar-refractivity contribution >= 4 is 49.3 Å². The van der Waals surface area contributed by atoms with E-state index in [0.717, 1.165) is 43.6 Å². The molecule has 0 aliphatic carbocycles. The van der Waals surface area contributed by atoms with Crippen molar-refractivity contribution in [3.05, 3.63) is 127 Å². The second kappa shape index (κ2) is 7.10. The molecule has 5 aromatic carbocycles. The Balaban J connectivity index is 1.77. The van der Waals surface area contributed by atoms with Gasteiger partial charge in [0.2, 0.25) is 0 Å². The summed E-state index contributed by atoms with van der Waals surface area (Å²) in [6.45, 7) is 7.76. The van der Waals surface area contributed by atoms with Gasteiger partial charge in [-0.25, -0.2) is 4.85 Å². The van der Waals surface area contributed by atoms with Crippen molar-refractivity contribution in [1.29, 1.82) is 0 Å². The van der Waals surface area contributed by atoms with Crippen molar-refractivity contribution in [2.45, 2.75) is 0 Å². The molecule has 0 aliphatic rings. The highest BCUT2D eigenvalue weighted by atomic mass is 15.1. The maximum absolute atomic E-state index is 9.22. The zero-order chi connectivity index (χ0) is 25.3. The molecule has 3 nitrogen and oxygen atoms in total. The smallest absolute Gasteiger partial charge is 0.189 e. The van der Waals surface area contributed by atoms with Gasteiger partial charge in [-0.05, 0) is 36.4 Å². The molecule has 0 N–H and O–H groups in total. The number of para-hydroxylation sites is 4. The summed E-state index contributed by atoms with van der Waals surface area (Å²) in [6, 6.07) is 31.6. The summed E-state index contributed by atoms with van der Waals surface area (Å²) in [5.41, 5.74) is 4.26. The predicted molar refractivity (Wildman–Crippen MR) is 141 cm³/mol. The molecule has 0 saturated heterocycles. The van der Waals surface area contributed by atoms with Crippen LogP contribution >= 0.6 is 0 Å². The third-order valence-corrected chi connectivity index (χ3v) is 6.48. The zero-order valence-corrected chi connectivity index (χ0v) is 18.1. The molecule has 0 aliphatic heterocycles. The van der Waals surface area contributed by atoms with Crippen molar-refractivity contribution in [1.82, 2.24) is 9.13 Å². The van der Waals surface area contributed by atoms with Crippen LogP contribution in [0.3, 0.4) is 0 Å². The lowest BCUT2D eigenvalue weighted by Crippen LogP contribution is -2.03. The summed E-state index contributed by atoms with van der Waals surface area (Å²) in [5.74, 6) is 0. The van der Waals surface area contributed by atoms with Crippen LogP contribution in [0.25, 0.3) is 59.8 Å². The molecule has 0 saturated carbocycles. The molecule has 0 fully saturated rings. The van der Waals surface area contributed by atoms with E-state index in [0.29, 0.717) is 11.4 Å². The maximum Gasteiger partial charge on any atom is 0.189 e. The Morgan fingerprint density at radius 2 is 0.912 bits per heavy atom. The van der Waals surface area contributed by atoms with Crippen LogP contribution < -0.4 is 0 Å². The quantitative estimate of drug-likeness (QED) is 0.242. The van der Waals surface area contributed by atoms with Crippen molar-refractivity contribution in [3.63, 3.8) is 0 Å². The van der Waals surface area contributed by atoms with Crippen LogP contribution in [0.5, 0.6) is 0 Å². The van der Waals surface area contributed by atoms with E-state index in [1.807, 2.05) is 94.1 Å². The minimum absolute atomic E-state index is 0.0561. The highest BCUT2D eigenvalue weighted by molar-refractivity contribution is 6.11. The molecule has 0 bridgehead atoms. The molecule has 2 aromatic heterocycles. The van der Waals surface area contributed by atoms with E-state index in [1.165, 1.54) is 0 Å². The standard InChI is InChI=1S/C31H19N3/c1-32-21-18-19-30(33-26-14-6-2-10-22(26)23-11-3-7-15-27(23)33)31(20-21)34-28-16-8-4-12-24(28)25-13-5-9-17-29(25)34/h2-20H/i18D,19D,20D. The van der Waals surface area contributed by atoms with Crippen molar-refractivity contribution in [3.8, 4) is 11.4 Å². The first kappa shape index (κ1) is 15.9. The minimum atomic E-state index is -0.235. The molecule has 3 heteroatoms. The average molecular weight is 437 g/mol. The van der Waals surface area contributed by atoms with Gasteiger partial charge in [-0.1, -0.05) is 78.8 Å². The van der Waals surface area contributed by atoms with Gasteiger partial charge in [-0.15, -0.1) is 0 Å². The molecule has 7 aromatic rings. The summed E-state index contributed by atoms with van der Waals surface area (Å²) in [5, 5.41) is 4.10. The monoisotopic (exact) mass is 436 g/mol. The lowest BCUT2D eigenvalue weighted by atomic mass is 10.2. The van der Waals surface area contributed by atoms with Gasteiger partial charge in [-0.2, -0.15) is 0 Å². The SMILES string of the molecule is [2H]c1c([2H])c(-n2c3ccccc3c3ccccc32)c(-n2c3ccccc3c3ccccc32)c([2H])c1[N+]#[C-]. The average Bonchev–Trinajstić information content (AvgIpc) is 3.44. The summed E-state index contributed by atoms with van der Waals surface area (Å²) in [6.07, 6.45) is 0. The van der Waals surface area contributed by atoms with E-state index in [2.05, 4.69) is 17.0 Å². The topological polar surface area (TPSA) is 14.2 Å². The Morgan fingerprint density at radius 3 is 1.32 bits per heavy atom. The number of hydrogen-bond donors (Lipinski definition) is 0. The van der Waals surface area contributed by atoms with Crippen LogP contribution in [0.15, 0.2) is 115 Å². The van der Waals surface area contributed by atoms with Crippen LogP contribution in [0, 0.1) is 6.57 Å². The number of hydrogen-bond acceptors (Lipinski definition) is 0. The van der Waals surface area contributed by atoms with Crippen molar-refractivity contribution in [2.75, 3.05) is 0 Å². The normalized spacial score (nSPS) is 12.7. The predicted octanol–water partition coefficient (Wildman–Crippen LogP) is 8.43. The Kier molecular flexibility index (Phi) is 3.32. The van der Waals surface area contributed by atoms with Crippen LogP contribution in [0.1, 0.15) is 4.11 Å². The van der Waals surface area contributed by atoms with Crippen LogP contribution in [-0.2, 0) is 0 Å². The fraction of sp³-hybridized carbons (Fsp3) is 0. The van der Waals surface area contributed by atoms with Gasteiger partial charge in [-0.3, -0.25) is 0 Å². The fourth-order valence-electron chi connectivity index (χ4n) is 5.09. The lowest BCUT2D eigenvalue weighted by Gasteiger charge is -2.17. The molecule has 0 unspecified atom stereocenters. The van der Waals surface area contributed by atoms with E-state index in [1.54, 1.807) is 0 Å². The molecule has 0 amide bonds. The second-order valence-corrected chi connectivity index (χ2v) is 8.27.